The summed E-state index contributed by atoms with van der Waals surface area (Å²) in [6, 6.07) is 5.57. The lowest BCUT2D eigenvalue weighted by Crippen LogP contribution is -2.15. The van der Waals surface area contributed by atoms with E-state index in [-0.39, 0.29) is 0 Å². The lowest BCUT2D eigenvalue weighted by molar-refractivity contribution is 1.40. The smallest absolute Gasteiger partial charge is 0.132 e. The van der Waals surface area contributed by atoms with Gasteiger partial charge in [0.2, 0.25) is 0 Å². The minimum atomic E-state index is 0.431. The van der Waals surface area contributed by atoms with Crippen molar-refractivity contribution in [3.8, 4) is 0 Å². The summed E-state index contributed by atoms with van der Waals surface area (Å²) in [5.41, 5.74) is 14.0. The molecule has 4 heteroatoms. The van der Waals surface area contributed by atoms with Crippen LogP contribution in [0.4, 0.5) is 5.69 Å². The predicted octanol–water partition coefficient (Wildman–Crippen LogP) is 0.941. The van der Waals surface area contributed by atoms with E-state index in [4.69, 9.17) is 11.5 Å². The highest BCUT2D eigenvalue weighted by Gasteiger charge is 2.03. The number of aliphatic imine (C=N–C) groups is 2. The first-order valence-electron chi connectivity index (χ1n) is 4.26. The van der Waals surface area contributed by atoms with Gasteiger partial charge >= 0.3 is 0 Å². The highest BCUT2D eigenvalue weighted by atomic mass is 14.9. The van der Waals surface area contributed by atoms with Crippen LogP contribution in [0.15, 0.2) is 28.2 Å². The van der Waals surface area contributed by atoms with Gasteiger partial charge in [-0.05, 0) is 18.6 Å². The van der Waals surface area contributed by atoms with Crippen LogP contribution >= 0.6 is 0 Å². The van der Waals surface area contributed by atoms with Gasteiger partial charge in [-0.15, -0.1) is 0 Å². The average Bonchev–Trinajstić information content (AvgIpc) is 2.18. The number of hydrogen-bond donors (Lipinski definition) is 2. The Morgan fingerprint density at radius 1 is 1.43 bits per heavy atom. The Hall–Kier alpha value is -1.84. The van der Waals surface area contributed by atoms with Gasteiger partial charge in [-0.25, -0.2) is 4.99 Å². The second kappa shape index (κ2) is 4.41. The number of nitrogens with two attached hydrogens (primary N) is 2. The second-order valence-electron chi connectivity index (χ2n) is 2.91. The van der Waals surface area contributed by atoms with Crippen molar-refractivity contribution in [1.82, 2.24) is 0 Å². The minimum absolute atomic E-state index is 0.431. The van der Waals surface area contributed by atoms with E-state index in [1.165, 1.54) is 6.34 Å². The molecule has 14 heavy (non-hydrogen) atoms. The number of benzene rings is 1. The zero-order valence-electron chi connectivity index (χ0n) is 8.36. The summed E-state index contributed by atoms with van der Waals surface area (Å²) in [7, 11) is 1.64. The molecule has 4 N–H and O–H groups in total. The second-order valence-corrected chi connectivity index (χ2v) is 2.91. The van der Waals surface area contributed by atoms with E-state index in [0.717, 1.165) is 11.1 Å². The first-order valence-corrected chi connectivity index (χ1v) is 4.26. The van der Waals surface area contributed by atoms with E-state index in [9.17, 15) is 0 Å². The molecule has 0 spiro atoms. The molecule has 0 fully saturated rings. The number of rotatable bonds is 2. The summed E-state index contributed by atoms with van der Waals surface area (Å²) in [6.45, 7) is 1.91. The molecule has 0 saturated heterocycles. The molecule has 1 rings (SSSR count). The van der Waals surface area contributed by atoms with Crippen LogP contribution < -0.4 is 11.5 Å². The molecule has 0 bridgehead atoms. The summed E-state index contributed by atoms with van der Waals surface area (Å²) in [5, 5.41) is 0. The topological polar surface area (TPSA) is 76.8 Å². The molecule has 1 aromatic rings. The molecule has 0 heterocycles. The normalized spacial score (nSPS) is 12.3. The van der Waals surface area contributed by atoms with Crippen molar-refractivity contribution < 1.29 is 0 Å². The van der Waals surface area contributed by atoms with Gasteiger partial charge in [-0.2, -0.15) is 0 Å². The van der Waals surface area contributed by atoms with Gasteiger partial charge < -0.3 is 11.5 Å². The summed E-state index contributed by atoms with van der Waals surface area (Å²) < 4.78 is 0. The highest BCUT2D eigenvalue weighted by molar-refractivity contribution is 6.03. The van der Waals surface area contributed by atoms with Crippen molar-refractivity contribution in [3.05, 3.63) is 29.3 Å². The zero-order valence-corrected chi connectivity index (χ0v) is 8.36. The monoisotopic (exact) mass is 190 g/mol. The van der Waals surface area contributed by atoms with E-state index in [1.807, 2.05) is 25.1 Å². The Labute approximate surface area is 83.4 Å². The van der Waals surface area contributed by atoms with Crippen LogP contribution in [0.5, 0.6) is 0 Å². The van der Waals surface area contributed by atoms with Crippen molar-refractivity contribution in [2.24, 2.45) is 15.7 Å². The van der Waals surface area contributed by atoms with Gasteiger partial charge in [0.1, 0.15) is 12.2 Å². The Bertz CT molecular complexity index is 380. The van der Waals surface area contributed by atoms with Gasteiger partial charge in [0.15, 0.2) is 0 Å². The van der Waals surface area contributed by atoms with E-state index in [0.29, 0.717) is 11.5 Å². The van der Waals surface area contributed by atoms with Gasteiger partial charge in [0.05, 0.1) is 0 Å². The fourth-order valence-electron chi connectivity index (χ4n) is 1.12. The Morgan fingerprint density at radius 3 is 2.79 bits per heavy atom. The summed E-state index contributed by atoms with van der Waals surface area (Å²) >= 11 is 0. The Morgan fingerprint density at radius 2 is 2.14 bits per heavy atom. The van der Waals surface area contributed by atoms with Crippen molar-refractivity contribution in [1.29, 1.82) is 0 Å². The molecule has 0 unspecified atom stereocenters. The maximum Gasteiger partial charge on any atom is 0.132 e. The molecule has 0 saturated carbocycles. The maximum absolute atomic E-state index is 5.75. The third-order valence-corrected chi connectivity index (χ3v) is 1.96. The molecule has 0 aliphatic rings. The average molecular weight is 190 g/mol. The zero-order chi connectivity index (χ0) is 10.6. The number of nitrogen functional groups attached to an aromatic ring is 1. The van der Waals surface area contributed by atoms with Crippen LogP contribution in [0.2, 0.25) is 0 Å². The fraction of sp³-hybridized carbons (Fsp3) is 0.200. The van der Waals surface area contributed by atoms with Gasteiger partial charge in [0.25, 0.3) is 0 Å². The predicted molar refractivity (Wildman–Crippen MR) is 60.7 cm³/mol. The Kier molecular flexibility index (Phi) is 3.23. The van der Waals surface area contributed by atoms with E-state index in [1.54, 1.807) is 7.05 Å². The molecule has 0 atom stereocenters. The maximum atomic E-state index is 5.75. The van der Waals surface area contributed by atoms with Crippen LogP contribution in [0.3, 0.4) is 0 Å². The molecule has 1 aromatic carbocycles. The molecule has 0 amide bonds. The van der Waals surface area contributed by atoms with Gasteiger partial charge in [0, 0.05) is 18.3 Å². The molecule has 0 aliphatic heterocycles. The quantitative estimate of drug-likeness (QED) is 0.413. The number of nitrogens with zero attached hydrogens (tertiary/aromatic N) is 2. The lowest BCUT2D eigenvalue weighted by atomic mass is 10.1. The molecular formula is C10H14N4. The fourth-order valence-corrected chi connectivity index (χ4v) is 1.12. The lowest BCUT2D eigenvalue weighted by Gasteiger charge is -2.06. The third kappa shape index (κ3) is 2.10. The molecule has 0 radical (unpaired) electrons. The van der Waals surface area contributed by atoms with Crippen molar-refractivity contribution in [2.75, 3.05) is 12.8 Å². The summed E-state index contributed by atoms with van der Waals surface area (Å²) in [5.74, 6) is 0.431. The van der Waals surface area contributed by atoms with E-state index < -0.39 is 0 Å². The first kappa shape index (κ1) is 10.2. The molecule has 4 nitrogen and oxygen atoms in total. The first-order chi connectivity index (χ1) is 6.66. The highest BCUT2D eigenvalue weighted by Crippen LogP contribution is 2.14. The molecule has 0 aromatic heterocycles. The number of hydrogen-bond acceptors (Lipinski definition) is 2. The van der Waals surface area contributed by atoms with Crippen molar-refractivity contribution >= 4 is 17.9 Å². The van der Waals surface area contributed by atoms with Gasteiger partial charge in [-0.3, -0.25) is 4.99 Å². The molecular weight excluding hydrogens is 176 g/mol. The van der Waals surface area contributed by atoms with Crippen molar-refractivity contribution in [2.45, 2.75) is 6.92 Å². The van der Waals surface area contributed by atoms with Crippen molar-refractivity contribution in [3.63, 3.8) is 0 Å². The summed E-state index contributed by atoms with van der Waals surface area (Å²) in [4.78, 5) is 7.69. The summed E-state index contributed by atoms with van der Waals surface area (Å²) in [6.07, 6.45) is 1.41. The number of amidine groups is 1. The number of anilines is 1. The van der Waals surface area contributed by atoms with Crippen LogP contribution in [0.1, 0.15) is 11.1 Å². The molecule has 74 valence electrons. The van der Waals surface area contributed by atoms with E-state index in [2.05, 4.69) is 9.98 Å². The van der Waals surface area contributed by atoms with Crippen LogP contribution in [-0.2, 0) is 0 Å². The largest absolute Gasteiger partial charge is 0.398 e. The standard InChI is InChI=1S/C10H14N4/c1-7-8(4-3-5-9(7)11)10(12)14-6-13-2/h3-6H,11H2,1-2H3,(H2,12,13,14). The van der Waals surface area contributed by atoms with Crippen LogP contribution in [0.25, 0.3) is 0 Å². The van der Waals surface area contributed by atoms with Crippen LogP contribution in [-0.4, -0.2) is 19.2 Å². The van der Waals surface area contributed by atoms with E-state index >= 15 is 0 Å². The van der Waals surface area contributed by atoms with Crippen LogP contribution in [0, 0.1) is 6.92 Å². The van der Waals surface area contributed by atoms with Gasteiger partial charge in [-0.1, -0.05) is 12.1 Å². The molecule has 0 aliphatic carbocycles. The Balaban J connectivity index is 3.13. The SMILES string of the molecule is CN=CN=C(N)c1cccc(N)c1C. The third-order valence-electron chi connectivity index (χ3n) is 1.96. The minimum Gasteiger partial charge on any atom is -0.398 e.